The molecular weight excluding hydrogens is 560 g/mol. The van der Waals surface area contributed by atoms with Crippen molar-refractivity contribution in [3.8, 4) is 34.3 Å². The molecule has 0 saturated carbocycles. The van der Waals surface area contributed by atoms with Crippen molar-refractivity contribution < 1.29 is 0 Å². The number of hydrogen-bond donors (Lipinski definition) is 0. The zero-order valence-electron chi connectivity index (χ0n) is 24.6. The van der Waals surface area contributed by atoms with Crippen LogP contribution in [-0.2, 0) is 0 Å². The van der Waals surface area contributed by atoms with Crippen LogP contribution in [0.1, 0.15) is 0 Å². The fraction of sp³-hybridized carbons (Fsp3) is 0. The first-order valence-electron chi connectivity index (χ1n) is 15.5. The Morgan fingerprint density at radius 1 is 0.326 bits per heavy atom. The molecule has 10 rings (SSSR count). The summed E-state index contributed by atoms with van der Waals surface area (Å²) >= 11 is 0. The van der Waals surface area contributed by atoms with E-state index in [1.807, 2.05) is 48.5 Å². The molecule has 10 aromatic rings. The molecular formula is C42H24N4. The molecule has 0 saturated heterocycles. The minimum atomic E-state index is 0.550. The van der Waals surface area contributed by atoms with Crippen LogP contribution >= 0.6 is 0 Å². The van der Waals surface area contributed by atoms with Crippen molar-refractivity contribution in [3.63, 3.8) is 0 Å². The monoisotopic (exact) mass is 584 g/mol. The molecule has 0 aliphatic carbocycles. The maximum absolute atomic E-state index is 5.07. The molecule has 0 N–H and O–H groups in total. The number of rotatable bonds is 3. The minimum Gasteiger partial charge on any atom is -0.253 e. The van der Waals surface area contributed by atoms with Gasteiger partial charge in [0.15, 0.2) is 17.5 Å². The van der Waals surface area contributed by atoms with Gasteiger partial charge in [0.1, 0.15) is 5.69 Å². The van der Waals surface area contributed by atoms with Gasteiger partial charge < -0.3 is 0 Å². The molecule has 0 radical (unpaired) electrons. The van der Waals surface area contributed by atoms with E-state index in [0.29, 0.717) is 23.2 Å². The van der Waals surface area contributed by atoms with Gasteiger partial charge in [-0.15, -0.1) is 0 Å². The lowest BCUT2D eigenvalue weighted by Crippen LogP contribution is -2.01. The fourth-order valence-electron chi connectivity index (χ4n) is 7.24. The zero-order valence-corrected chi connectivity index (χ0v) is 24.6. The summed E-state index contributed by atoms with van der Waals surface area (Å²) in [6.07, 6.45) is 1.77. The van der Waals surface area contributed by atoms with Crippen LogP contribution in [0.2, 0.25) is 0 Å². The van der Waals surface area contributed by atoms with Crippen LogP contribution in [0.4, 0.5) is 0 Å². The third kappa shape index (κ3) is 3.67. The van der Waals surface area contributed by atoms with E-state index in [1.54, 1.807) is 6.20 Å². The van der Waals surface area contributed by atoms with E-state index in [-0.39, 0.29) is 0 Å². The Labute approximate surface area is 264 Å². The molecule has 46 heavy (non-hydrogen) atoms. The van der Waals surface area contributed by atoms with Gasteiger partial charge in [-0.2, -0.15) is 0 Å². The van der Waals surface area contributed by atoms with Gasteiger partial charge in [0.25, 0.3) is 0 Å². The second-order valence-corrected chi connectivity index (χ2v) is 11.9. The Hall–Kier alpha value is -6.26. The van der Waals surface area contributed by atoms with Crippen LogP contribution in [0.25, 0.3) is 98.9 Å². The lowest BCUT2D eigenvalue weighted by Gasteiger charge is -2.17. The van der Waals surface area contributed by atoms with Crippen molar-refractivity contribution in [1.29, 1.82) is 0 Å². The maximum atomic E-state index is 5.07. The number of hydrogen-bond acceptors (Lipinski definition) is 4. The van der Waals surface area contributed by atoms with Gasteiger partial charge in [-0.05, 0) is 88.9 Å². The third-order valence-corrected chi connectivity index (χ3v) is 9.24. The number of pyridine rings is 1. The van der Waals surface area contributed by atoms with E-state index in [0.717, 1.165) is 16.5 Å². The summed E-state index contributed by atoms with van der Waals surface area (Å²) in [6.45, 7) is 0. The minimum absolute atomic E-state index is 0.550. The Bertz CT molecular complexity index is 2730. The van der Waals surface area contributed by atoms with Crippen LogP contribution in [-0.4, -0.2) is 19.9 Å². The second kappa shape index (κ2) is 9.62. The highest BCUT2D eigenvalue weighted by atomic mass is 15.0. The molecule has 8 aromatic carbocycles. The van der Waals surface area contributed by atoms with Gasteiger partial charge >= 0.3 is 0 Å². The number of benzene rings is 7. The lowest BCUT2D eigenvalue weighted by molar-refractivity contribution is 1.06. The molecule has 0 amide bonds. The molecule has 0 spiro atoms. The van der Waals surface area contributed by atoms with Gasteiger partial charge in [-0.25, -0.2) is 15.0 Å². The quantitative estimate of drug-likeness (QED) is 0.194. The van der Waals surface area contributed by atoms with Crippen molar-refractivity contribution in [2.24, 2.45) is 0 Å². The van der Waals surface area contributed by atoms with E-state index in [2.05, 4.69) is 96.0 Å². The van der Waals surface area contributed by atoms with Gasteiger partial charge in [0, 0.05) is 17.3 Å². The second-order valence-electron chi connectivity index (χ2n) is 11.9. The van der Waals surface area contributed by atoms with Crippen LogP contribution in [0.5, 0.6) is 0 Å². The molecule has 4 nitrogen and oxygen atoms in total. The molecule has 0 unspecified atom stereocenters. The van der Waals surface area contributed by atoms with E-state index in [1.165, 1.54) is 59.2 Å². The normalized spacial score (nSPS) is 11.9. The molecule has 4 heteroatoms. The average molecular weight is 585 g/mol. The average Bonchev–Trinajstić information content (AvgIpc) is 3.13. The number of aromatic nitrogens is 4. The highest BCUT2D eigenvalue weighted by Gasteiger charge is 2.18. The van der Waals surface area contributed by atoms with Gasteiger partial charge in [0.05, 0.1) is 0 Å². The van der Waals surface area contributed by atoms with Crippen LogP contribution in [0, 0.1) is 0 Å². The Morgan fingerprint density at radius 3 is 1.46 bits per heavy atom. The summed E-state index contributed by atoms with van der Waals surface area (Å²) in [5.41, 5.74) is 2.58. The summed E-state index contributed by atoms with van der Waals surface area (Å²) < 4.78 is 0. The summed E-state index contributed by atoms with van der Waals surface area (Å²) in [5, 5.41) is 14.9. The smallest absolute Gasteiger partial charge is 0.182 e. The zero-order chi connectivity index (χ0) is 30.2. The SMILES string of the molecule is c1ccc(-c2nc(-c3cc4ccc5cccc6c7cccc8ccc9cccc(c(c3)c4c56)c9c87)nc(-c3ccccn3)n2)cc1. The van der Waals surface area contributed by atoms with E-state index in [4.69, 9.17) is 15.0 Å². The maximum Gasteiger partial charge on any atom is 0.182 e. The molecule has 0 bridgehead atoms. The fourth-order valence-corrected chi connectivity index (χ4v) is 7.24. The first kappa shape index (κ1) is 25.1. The van der Waals surface area contributed by atoms with E-state index < -0.39 is 0 Å². The summed E-state index contributed by atoms with van der Waals surface area (Å²) in [6, 6.07) is 49.4. The van der Waals surface area contributed by atoms with Crippen molar-refractivity contribution >= 4 is 64.6 Å². The van der Waals surface area contributed by atoms with Crippen LogP contribution in [0.3, 0.4) is 0 Å². The van der Waals surface area contributed by atoms with E-state index in [9.17, 15) is 0 Å². The summed E-state index contributed by atoms with van der Waals surface area (Å²) in [5.74, 6) is 1.79. The van der Waals surface area contributed by atoms with E-state index >= 15 is 0 Å². The molecule has 0 aliphatic heterocycles. The first-order chi connectivity index (χ1) is 22.8. The van der Waals surface area contributed by atoms with Crippen molar-refractivity contribution in [3.05, 3.63) is 146 Å². The molecule has 0 fully saturated rings. The standard InChI is InChI=1S/C42H24N4/c1-2-9-28(10-3-1)40-44-41(46-42(45-40)35-17-4-5-22-43-35)30-23-29-21-20-27-12-7-15-32-31-14-6-11-25-18-19-26-13-8-16-33(38(26)36(25)31)34(24-30)39(29)37(27)32/h1-24H. The summed E-state index contributed by atoms with van der Waals surface area (Å²) in [4.78, 5) is 19.6. The van der Waals surface area contributed by atoms with Crippen molar-refractivity contribution in [2.75, 3.05) is 0 Å². The van der Waals surface area contributed by atoms with Crippen LogP contribution in [0.15, 0.2) is 146 Å². The Balaban J connectivity index is 1.39. The largest absolute Gasteiger partial charge is 0.253 e. The Morgan fingerprint density at radius 2 is 0.848 bits per heavy atom. The predicted molar refractivity (Wildman–Crippen MR) is 190 cm³/mol. The summed E-state index contributed by atoms with van der Waals surface area (Å²) in [7, 11) is 0. The van der Waals surface area contributed by atoms with Crippen LogP contribution < -0.4 is 0 Å². The molecule has 212 valence electrons. The van der Waals surface area contributed by atoms with Gasteiger partial charge in [0.2, 0.25) is 0 Å². The Kier molecular flexibility index (Phi) is 5.25. The van der Waals surface area contributed by atoms with Crippen molar-refractivity contribution in [1.82, 2.24) is 19.9 Å². The third-order valence-electron chi connectivity index (χ3n) is 9.24. The van der Waals surface area contributed by atoms with Gasteiger partial charge in [-0.3, -0.25) is 4.98 Å². The molecule has 0 atom stereocenters. The molecule has 2 aromatic heterocycles. The molecule has 0 aliphatic rings. The molecule has 2 heterocycles. The first-order valence-corrected chi connectivity index (χ1v) is 15.5. The van der Waals surface area contributed by atoms with Crippen molar-refractivity contribution in [2.45, 2.75) is 0 Å². The highest BCUT2D eigenvalue weighted by Crippen LogP contribution is 2.44. The highest BCUT2D eigenvalue weighted by molar-refractivity contribution is 6.37. The van der Waals surface area contributed by atoms with Gasteiger partial charge in [-0.1, -0.05) is 115 Å². The number of nitrogens with zero attached hydrogens (tertiary/aromatic N) is 4. The lowest BCUT2D eigenvalue weighted by atomic mass is 9.87. The number of fused-ring (bicyclic) bond motifs is 2. The predicted octanol–water partition coefficient (Wildman–Crippen LogP) is 10.6. The topological polar surface area (TPSA) is 51.6 Å².